The lowest BCUT2D eigenvalue weighted by molar-refractivity contribution is -0.150. The van der Waals surface area contributed by atoms with Gasteiger partial charge < -0.3 is 4.74 Å². The molecule has 0 N–H and O–H groups in total. The molecule has 0 heterocycles. The van der Waals surface area contributed by atoms with Gasteiger partial charge in [0.05, 0.1) is 6.61 Å². The summed E-state index contributed by atoms with van der Waals surface area (Å²) < 4.78 is 5.21. The molecular weight excluding hydrogens is 226 g/mol. The monoisotopic (exact) mass is 249 g/mol. The fraction of sp³-hybridized carbons (Fsp3) is 0.533. The van der Waals surface area contributed by atoms with Gasteiger partial charge in [-0.05, 0) is 32.9 Å². The van der Waals surface area contributed by atoms with E-state index in [9.17, 15) is 4.79 Å². The van der Waals surface area contributed by atoms with Gasteiger partial charge in [-0.15, -0.1) is 0 Å². The van der Waals surface area contributed by atoms with Crippen molar-refractivity contribution in [2.45, 2.75) is 39.8 Å². The molecule has 0 aliphatic rings. The van der Waals surface area contributed by atoms with Crippen molar-refractivity contribution in [3.63, 3.8) is 0 Å². The van der Waals surface area contributed by atoms with Crippen molar-refractivity contribution in [2.24, 2.45) is 0 Å². The summed E-state index contributed by atoms with van der Waals surface area (Å²) in [7, 11) is 0. The van der Waals surface area contributed by atoms with Gasteiger partial charge in [-0.1, -0.05) is 37.3 Å². The molecule has 0 spiro atoms. The van der Waals surface area contributed by atoms with E-state index in [0.29, 0.717) is 12.6 Å². The van der Waals surface area contributed by atoms with Crippen LogP contribution in [0.3, 0.4) is 0 Å². The summed E-state index contributed by atoms with van der Waals surface area (Å²) in [6.07, 6.45) is 0. The first-order valence-corrected chi connectivity index (χ1v) is 6.59. The number of benzene rings is 1. The first-order chi connectivity index (χ1) is 8.61. The quantitative estimate of drug-likeness (QED) is 0.726. The van der Waals surface area contributed by atoms with Crippen LogP contribution in [0.1, 0.15) is 39.3 Å². The number of hydrogen-bond acceptors (Lipinski definition) is 3. The third-order valence-electron chi connectivity index (χ3n) is 2.99. The molecule has 1 atom stereocenters. The Morgan fingerprint density at radius 2 is 1.83 bits per heavy atom. The number of likely N-dealkylation sites (N-methyl/N-ethyl adjacent to an activating group) is 1. The Hall–Kier alpha value is -1.35. The standard InChI is InChI=1S/C15H23NO2/c1-5-16(12(3)4)14(15(17)18-6-2)13-10-8-7-9-11-13/h7-12,14H,5-6H2,1-4H3. The molecule has 1 rings (SSSR count). The minimum Gasteiger partial charge on any atom is -0.465 e. The SMILES string of the molecule is CCOC(=O)C(c1ccccc1)N(CC)C(C)C. The maximum atomic E-state index is 12.2. The van der Waals surface area contributed by atoms with Crippen LogP contribution in [-0.4, -0.2) is 30.1 Å². The van der Waals surface area contributed by atoms with E-state index in [1.807, 2.05) is 37.3 Å². The molecule has 100 valence electrons. The smallest absolute Gasteiger partial charge is 0.328 e. The van der Waals surface area contributed by atoms with Crippen LogP contribution < -0.4 is 0 Å². The average molecular weight is 249 g/mol. The van der Waals surface area contributed by atoms with E-state index in [0.717, 1.165) is 12.1 Å². The number of ether oxygens (including phenoxy) is 1. The summed E-state index contributed by atoms with van der Waals surface area (Å²) in [6, 6.07) is 9.81. The molecule has 0 aromatic heterocycles. The van der Waals surface area contributed by atoms with E-state index < -0.39 is 0 Å². The van der Waals surface area contributed by atoms with Gasteiger partial charge in [-0.3, -0.25) is 4.90 Å². The molecule has 1 aromatic carbocycles. The summed E-state index contributed by atoms with van der Waals surface area (Å²) >= 11 is 0. The van der Waals surface area contributed by atoms with Crippen LogP contribution >= 0.6 is 0 Å². The number of rotatable bonds is 6. The van der Waals surface area contributed by atoms with Gasteiger partial charge >= 0.3 is 5.97 Å². The summed E-state index contributed by atoms with van der Waals surface area (Å²) in [4.78, 5) is 14.3. The van der Waals surface area contributed by atoms with Crippen molar-refractivity contribution in [3.05, 3.63) is 35.9 Å². The van der Waals surface area contributed by atoms with Crippen molar-refractivity contribution in [2.75, 3.05) is 13.2 Å². The Kier molecular flexibility index (Phi) is 5.86. The minimum absolute atomic E-state index is 0.167. The summed E-state index contributed by atoms with van der Waals surface area (Å²) in [5.74, 6) is -0.167. The molecule has 0 saturated heterocycles. The van der Waals surface area contributed by atoms with Gasteiger partial charge in [-0.2, -0.15) is 0 Å². The van der Waals surface area contributed by atoms with E-state index in [4.69, 9.17) is 4.74 Å². The lowest BCUT2D eigenvalue weighted by Crippen LogP contribution is -2.39. The van der Waals surface area contributed by atoms with Gasteiger partial charge in [0.1, 0.15) is 6.04 Å². The van der Waals surface area contributed by atoms with Crippen molar-refractivity contribution in [1.82, 2.24) is 4.90 Å². The number of hydrogen-bond donors (Lipinski definition) is 0. The molecule has 0 radical (unpaired) electrons. The van der Waals surface area contributed by atoms with Crippen LogP contribution in [0.25, 0.3) is 0 Å². The zero-order valence-electron chi connectivity index (χ0n) is 11.7. The average Bonchev–Trinajstić information content (AvgIpc) is 2.36. The summed E-state index contributed by atoms with van der Waals surface area (Å²) in [5.41, 5.74) is 0.992. The highest BCUT2D eigenvalue weighted by molar-refractivity contribution is 5.77. The van der Waals surface area contributed by atoms with Crippen LogP contribution in [0, 0.1) is 0 Å². The number of nitrogens with zero attached hydrogens (tertiary/aromatic N) is 1. The van der Waals surface area contributed by atoms with E-state index in [2.05, 4.69) is 25.7 Å². The largest absolute Gasteiger partial charge is 0.465 e. The molecule has 0 aliphatic carbocycles. The van der Waals surface area contributed by atoms with Gasteiger partial charge in [0.25, 0.3) is 0 Å². The van der Waals surface area contributed by atoms with Gasteiger partial charge in [0.2, 0.25) is 0 Å². The van der Waals surface area contributed by atoms with E-state index in [-0.39, 0.29) is 12.0 Å². The van der Waals surface area contributed by atoms with E-state index in [1.54, 1.807) is 0 Å². The second-order valence-corrected chi connectivity index (χ2v) is 4.49. The number of carbonyl (C=O) groups excluding carboxylic acids is 1. The normalized spacial score (nSPS) is 12.8. The van der Waals surface area contributed by atoms with Gasteiger partial charge in [-0.25, -0.2) is 4.79 Å². The zero-order chi connectivity index (χ0) is 13.5. The Bertz CT molecular complexity index is 362. The molecule has 3 heteroatoms. The first kappa shape index (κ1) is 14.7. The molecular formula is C15H23NO2. The van der Waals surface area contributed by atoms with Crippen molar-refractivity contribution >= 4 is 5.97 Å². The molecule has 0 bridgehead atoms. The van der Waals surface area contributed by atoms with Gasteiger partial charge in [0.15, 0.2) is 0 Å². The fourth-order valence-electron chi connectivity index (χ4n) is 2.17. The van der Waals surface area contributed by atoms with Crippen LogP contribution in [0.15, 0.2) is 30.3 Å². The first-order valence-electron chi connectivity index (χ1n) is 6.59. The molecule has 0 aliphatic heterocycles. The number of carbonyl (C=O) groups is 1. The zero-order valence-corrected chi connectivity index (χ0v) is 11.7. The van der Waals surface area contributed by atoms with Crippen LogP contribution in [-0.2, 0) is 9.53 Å². The van der Waals surface area contributed by atoms with Crippen molar-refractivity contribution in [3.8, 4) is 0 Å². The molecule has 0 saturated carbocycles. The molecule has 1 unspecified atom stereocenters. The Morgan fingerprint density at radius 1 is 1.22 bits per heavy atom. The molecule has 0 fully saturated rings. The summed E-state index contributed by atoms with van der Waals surface area (Å²) in [5, 5.41) is 0. The lowest BCUT2D eigenvalue weighted by Gasteiger charge is -2.32. The van der Waals surface area contributed by atoms with Crippen LogP contribution in [0.2, 0.25) is 0 Å². The fourth-order valence-corrected chi connectivity index (χ4v) is 2.17. The van der Waals surface area contributed by atoms with Crippen molar-refractivity contribution in [1.29, 1.82) is 0 Å². The molecule has 0 amide bonds. The predicted octanol–water partition coefficient (Wildman–Crippen LogP) is 3.02. The maximum Gasteiger partial charge on any atom is 0.328 e. The third-order valence-corrected chi connectivity index (χ3v) is 2.99. The highest BCUT2D eigenvalue weighted by Crippen LogP contribution is 2.24. The molecule has 18 heavy (non-hydrogen) atoms. The topological polar surface area (TPSA) is 29.5 Å². The maximum absolute atomic E-state index is 12.2. The number of esters is 1. The highest BCUT2D eigenvalue weighted by Gasteiger charge is 2.29. The third kappa shape index (κ3) is 3.57. The molecule has 1 aromatic rings. The molecule has 3 nitrogen and oxygen atoms in total. The Morgan fingerprint density at radius 3 is 2.28 bits per heavy atom. The summed E-state index contributed by atoms with van der Waals surface area (Å²) in [6.45, 7) is 9.33. The lowest BCUT2D eigenvalue weighted by atomic mass is 10.0. The Balaban J connectivity index is 3.05. The van der Waals surface area contributed by atoms with Crippen LogP contribution in [0.5, 0.6) is 0 Å². The van der Waals surface area contributed by atoms with Gasteiger partial charge in [0, 0.05) is 6.04 Å². The van der Waals surface area contributed by atoms with Crippen LogP contribution in [0.4, 0.5) is 0 Å². The Labute approximate surface area is 110 Å². The second-order valence-electron chi connectivity index (χ2n) is 4.49. The predicted molar refractivity (Wildman–Crippen MR) is 73.3 cm³/mol. The minimum atomic E-state index is -0.309. The van der Waals surface area contributed by atoms with E-state index >= 15 is 0 Å². The van der Waals surface area contributed by atoms with E-state index in [1.165, 1.54) is 0 Å². The van der Waals surface area contributed by atoms with Crippen molar-refractivity contribution < 1.29 is 9.53 Å². The second kappa shape index (κ2) is 7.17. The highest BCUT2D eigenvalue weighted by atomic mass is 16.5.